The number of primary amides is 1. The van der Waals surface area contributed by atoms with Crippen molar-refractivity contribution < 1.29 is 48.2 Å². The number of carboxylic acids is 1. The number of carboxylic acid groups (broad SMARTS) is 1. The highest BCUT2D eigenvalue weighted by Crippen LogP contribution is 2.26. The SMILES string of the molecule is CC(=O)N[C@H](CSCCN)C(=O)N[C@@H](Cc1ccc(OCc2c(Cl)cccc2Cl)cc1)C(=O)N[C@H](C(=O)N[C@@H](CC(N)=O)C(=O)N[C@H](C(=O)N1CCC[C@H]1C(=O)O)C(C)C)C(C)C. The Labute approximate surface area is 381 Å². The fourth-order valence-electron chi connectivity index (χ4n) is 6.67. The first kappa shape index (κ1) is 52.2. The van der Waals surface area contributed by atoms with E-state index in [1.54, 1.807) is 70.2 Å². The van der Waals surface area contributed by atoms with Crippen molar-refractivity contribution >= 4 is 82.3 Å². The van der Waals surface area contributed by atoms with Crippen molar-refractivity contribution in [2.24, 2.45) is 23.3 Å². The average molecular weight is 938 g/mol. The number of hydrogen-bond donors (Lipinski definition) is 8. The number of nitrogens with two attached hydrogens (primary N) is 2. The molecule has 1 aliphatic heterocycles. The largest absolute Gasteiger partial charge is 0.489 e. The zero-order valence-corrected chi connectivity index (χ0v) is 38.2. The van der Waals surface area contributed by atoms with E-state index < -0.39 is 102 Å². The third-order valence-corrected chi connectivity index (χ3v) is 11.8. The number of benzene rings is 2. The summed E-state index contributed by atoms with van der Waals surface area (Å²) in [6, 6.07) is 4.22. The molecule has 1 aliphatic rings. The topological polar surface area (TPSA) is 281 Å². The minimum absolute atomic E-state index is 0.0779. The van der Waals surface area contributed by atoms with Crippen LogP contribution in [-0.4, -0.2) is 118 Å². The molecule has 2 aromatic rings. The Morgan fingerprint density at radius 2 is 1.38 bits per heavy atom. The van der Waals surface area contributed by atoms with Crippen LogP contribution in [0.3, 0.4) is 0 Å². The van der Waals surface area contributed by atoms with E-state index >= 15 is 0 Å². The van der Waals surface area contributed by atoms with Gasteiger partial charge in [0, 0.05) is 53.5 Å². The Morgan fingerprint density at radius 1 is 0.810 bits per heavy atom. The van der Waals surface area contributed by atoms with Crippen LogP contribution in [0.1, 0.15) is 65.0 Å². The molecule has 1 fully saturated rings. The number of carbonyl (C=O) groups excluding carboxylic acids is 7. The summed E-state index contributed by atoms with van der Waals surface area (Å²) in [4.78, 5) is 106. The molecule has 0 bridgehead atoms. The monoisotopic (exact) mass is 936 g/mol. The molecule has 63 heavy (non-hydrogen) atoms. The Balaban J connectivity index is 1.86. The molecule has 0 saturated carbocycles. The van der Waals surface area contributed by atoms with Gasteiger partial charge in [0.1, 0.15) is 48.6 Å². The summed E-state index contributed by atoms with van der Waals surface area (Å²) in [7, 11) is 0. The fourth-order valence-corrected chi connectivity index (χ4v) is 7.98. The fraction of sp³-hybridized carbons (Fsp3) is 0.524. The van der Waals surface area contributed by atoms with Gasteiger partial charge in [-0.25, -0.2) is 4.79 Å². The van der Waals surface area contributed by atoms with Crippen LogP contribution in [0.2, 0.25) is 10.0 Å². The van der Waals surface area contributed by atoms with E-state index in [-0.39, 0.29) is 31.7 Å². The van der Waals surface area contributed by atoms with Gasteiger partial charge in [0.05, 0.1) is 6.42 Å². The van der Waals surface area contributed by atoms with Crippen LogP contribution < -0.4 is 42.8 Å². The summed E-state index contributed by atoms with van der Waals surface area (Å²) in [5.41, 5.74) is 12.3. The van der Waals surface area contributed by atoms with Gasteiger partial charge in [-0.1, -0.05) is 69.1 Å². The zero-order chi connectivity index (χ0) is 47.0. The van der Waals surface area contributed by atoms with Gasteiger partial charge < -0.3 is 52.8 Å². The molecule has 18 nitrogen and oxygen atoms in total. The molecule has 2 aromatic carbocycles. The molecule has 10 N–H and O–H groups in total. The number of rotatable bonds is 24. The van der Waals surface area contributed by atoms with Gasteiger partial charge in [-0.05, 0) is 54.5 Å². The highest BCUT2D eigenvalue weighted by Gasteiger charge is 2.40. The van der Waals surface area contributed by atoms with Crippen molar-refractivity contribution in [2.45, 2.75) is 103 Å². The van der Waals surface area contributed by atoms with Gasteiger partial charge in [-0.2, -0.15) is 11.8 Å². The van der Waals surface area contributed by atoms with Crippen LogP contribution in [0.5, 0.6) is 5.75 Å². The second kappa shape index (κ2) is 25.3. The number of thioether (sulfide) groups is 1. The van der Waals surface area contributed by atoms with Crippen molar-refractivity contribution in [1.29, 1.82) is 0 Å². The van der Waals surface area contributed by atoms with Gasteiger partial charge in [-0.15, -0.1) is 0 Å². The normalized spacial score (nSPS) is 16.0. The highest BCUT2D eigenvalue weighted by atomic mass is 35.5. The summed E-state index contributed by atoms with van der Waals surface area (Å²) >= 11 is 13.9. The number of nitrogens with zero attached hydrogens (tertiary/aromatic N) is 1. The first-order valence-corrected chi connectivity index (χ1v) is 22.4. The lowest BCUT2D eigenvalue weighted by Crippen LogP contribution is -2.61. The molecule has 7 amide bonds. The van der Waals surface area contributed by atoms with E-state index in [0.717, 1.165) is 0 Å². The Kier molecular flexibility index (Phi) is 20.9. The Bertz CT molecular complexity index is 1940. The van der Waals surface area contributed by atoms with E-state index in [2.05, 4.69) is 26.6 Å². The minimum atomic E-state index is -1.59. The number of aliphatic carboxylic acids is 1. The predicted octanol–water partition coefficient (Wildman–Crippen LogP) is 1.51. The Morgan fingerprint density at radius 3 is 1.94 bits per heavy atom. The van der Waals surface area contributed by atoms with Crippen LogP contribution >= 0.6 is 35.0 Å². The maximum absolute atomic E-state index is 14.2. The van der Waals surface area contributed by atoms with E-state index in [9.17, 15) is 43.5 Å². The first-order chi connectivity index (χ1) is 29.7. The van der Waals surface area contributed by atoms with Gasteiger partial charge in [0.25, 0.3) is 0 Å². The molecule has 0 aromatic heterocycles. The second-order valence-electron chi connectivity index (χ2n) is 15.7. The second-order valence-corrected chi connectivity index (χ2v) is 17.7. The summed E-state index contributed by atoms with van der Waals surface area (Å²) < 4.78 is 5.89. The van der Waals surface area contributed by atoms with Gasteiger partial charge in [0.2, 0.25) is 41.4 Å². The van der Waals surface area contributed by atoms with Crippen molar-refractivity contribution in [3.05, 3.63) is 63.6 Å². The molecule has 1 heterocycles. The quantitative estimate of drug-likeness (QED) is 0.0696. The number of ether oxygens (including phenoxy) is 1. The third kappa shape index (κ3) is 16.2. The minimum Gasteiger partial charge on any atom is -0.489 e. The van der Waals surface area contributed by atoms with Gasteiger partial charge in [-0.3, -0.25) is 33.6 Å². The number of likely N-dealkylation sites (tertiary alicyclic amines) is 1. The molecule has 0 unspecified atom stereocenters. The van der Waals surface area contributed by atoms with E-state index in [1.807, 2.05) is 0 Å². The number of halogens is 2. The number of hydrogen-bond acceptors (Lipinski definition) is 11. The van der Waals surface area contributed by atoms with E-state index in [4.69, 9.17) is 39.4 Å². The van der Waals surface area contributed by atoms with Crippen LogP contribution in [0.25, 0.3) is 0 Å². The molecular weight excluding hydrogens is 879 g/mol. The smallest absolute Gasteiger partial charge is 0.326 e. The molecule has 21 heteroatoms. The van der Waals surface area contributed by atoms with Crippen molar-refractivity contribution in [2.75, 3.05) is 24.6 Å². The standard InChI is InChI=1S/C42H58Cl2N8O10S/c1-22(2)35(40(58)49-31(19-34(46)54)38(56)51-36(23(3)4)41(59)52-16-7-10-33(52)42(60)61)50-37(55)30(48-39(57)32(47-24(5)53)21-63-17-15-45)18-25-11-13-26(14-12-25)62-20-27-28(43)8-6-9-29(27)44/h6,8-9,11-14,22-23,30-33,35-36H,7,10,15-21,45H2,1-5H3,(H2,46,54)(H,47,53)(H,48,57)(H,49,58)(H,50,55)(H,51,56)(H,60,61)/t30-,31-,32+,33-,35-,36-/m0/s1. The van der Waals surface area contributed by atoms with Gasteiger partial charge >= 0.3 is 5.97 Å². The number of nitrogens with one attached hydrogen (secondary N) is 5. The highest BCUT2D eigenvalue weighted by molar-refractivity contribution is 7.99. The molecule has 6 atom stereocenters. The number of amides is 7. The summed E-state index contributed by atoms with van der Waals surface area (Å²) in [5.74, 6) is -6.53. The zero-order valence-electron chi connectivity index (χ0n) is 35.9. The average Bonchev–Trinajstić information content (AvgIpc) is 3.71. The van der Waals surface area contributed by atoms with Gasteiger partial charge in [0.15, 0.2) is 0 Å². The first-order valence-electron chi connectivity index (χ1n) is 20.5. The van der Waals surface area contributed by atoms with Crippen molar-refractivity contribution in [1.82, 2.24) is 31.5 Å². The lowest BCUT2D eigenvalue weighted by molar-refractivity contribution is -0.150. The lowest BCUT2D eigenvalue weighted by Gasteiger charge is -2.31. The van der Waals surface area contributed by atoms with Crippen LogP contribution in [0.4, 0.5) is 0 Å². The third-order valence-electron chi connectivity index (χ3n) is 10.0. The number of carbonyl (C=O) groups is 8. The Hall–Kier alpha value is -5.11. The van der Waals surface area contributed by atoms with Crippen molar-refractivity contribution in [3.8, 4) is 5.75 Å². The summed E-state index contributed by atoms with van der Waals surface area (Å²) in [6.45, 7) is 8.38. The maximum Gasteiger partial charge on any atom is 0.326 e. The molecule has 0 spiro atoms. The lowest BCUT2D eigenvalue weighted by atomic mass is 9.99. The summed E-state index contributed by atoms with van der Waals surface area (Å²) in [6.07, 6.45) is -0.0475. The molecular formula is C42H58Cl2N8O10S. The van der Waals surface area contributed by atoms with Crippen LogP contribution in [0, 0.1) is 11.8 Å². The molecule has 0 aliphatic carbocycles. The molecule has 3 rings (SSSR count). The van der Waals surface area contributed by atoms with Crippen LogP contribution in [-0.2, 0) is 51.4 Å². The maximum atomic E-state index is 14.2. The van der Waals surface area contributed by atoms with E-state index in [1.165, 1.54) is 23.6 Å². The summed E-state index contributed by atoms with van der Waals surface area (Å²) in [5, 5.41) is 23.5. The molecule has 1 saturated heterocycles. The van der Waals surface area contributed by atoms with E-state index in [0.29, 0.717) is 45.6 Å². The predicted molar refractivity (Wildman–Crippen MR) is 239 cm³/mol. The molecule has 346 valence electrons. The van der Waals surface area contributed by atoms with Crippen molar-refractivity contribution in [3.63, 3.8) is 0 Å². The van der Waals surface area contributed by atoms with Crippen LogP contribution in [0.15, 0.2) is 42.5 Å². The molecule has 0 radical (unpaired) electrons.